The van der Waals surface area contributed by atoms with E-state index in [0.717, 1.165) is 0 Å². The van der Waals surface area contributed by atoms with E-state index in [2.05, 4.69) is 35.8 Å². The summed E-state index contributed by atoms with van der Waals surface area (Å²) in [7, 11) is 13.1. The molecular formula is C13H20S7. The number of hydrogen-bond donors (Lipinski definition) is 0. The zero-order valence-electron chi connectivity index (χ0n) is 11.3. The van der Waals surface area contributed by atoms with Crippen molar-refractivity contribution in [2.45, 2.75) is 38.5 Å². The van der Waals surface area contributed by atoms with Crippen LogP contribution in [-0.2, 0) is 0 Å². The van der Waals surface area contributed by atoms with E-state index in [4.69, 9.17) is 0 Å². The molecule has 114 valence electrons. The van der Waals surface area contributed by atoms with Crippen molar-refractivity contribution in [3.05, 3.63) is 35.8 Å². The Labute approximate surface area is 149 Å². The standard InChI is InChI=1S/C13H20S7/c1-2-4-6-8-10-12-14-16-18-20-19-17-15-13-11-9-7-5-3-1/h2,4,6,8,10,12H,1,3,5,7,9,11,13H2. The van der Waals surface area contributed by atoms with Crippen LogP contribution in [0.3, 0.4) is 0 Å². The molecule has 1 aliphatic heterocycles. The third-order valence-corrected chi connectivity index (χ3v) is 15.1. The molecule has 7 heteroatoms. The van der Waals surface area contributed by atoms with Crippen LogP contribution < -0.4 is 0 Å². The Kier molecular flexibility index (Phi) is 16.8. The Balaban J connectivity index is 2.18. The van der Waals surface area contributed by atoms with E-state index in [0.29, 0.717) is 0 Å². The predicted octanol–water partition coefficient (Wildman–Crippen LogP) is 8.59. The average molecular weight is 401 g/mol. The number of rotatable bonds is 0. The molecule has 0 bridgehead atoms. The molecule has 0 amide bonds. The summed E-state index contributed by atoms with van der Waals surface area (Å²) in [6.07, 6.45) is 18.8. The van der Waals surface area contributed by atoms with Crippen LogP contribution >= 0.6 is 70.7 Å². The summed E-state index contributed by atoms with van der Waals surface area (Å²) in [5, 5.41) is 2.13. The summed E-state index contributed by atoms with van der Waals surface area (Å²) in [6, 6.07) is 0. The van der Waals surface area contributed by atoms with Crippen molar-refractivity contribution < 1.29 is 0 Å². The fourth-order valence-corrected chi connectivity index (χ4v) is 15.0. The van der Waals surface area contributed by atoms with Gasteiger partial charge in [0.1, 0.15) is 0 Å². The molecule has 0 atom stereocenters. The van der Waals surface area contributed by atoms with Crippen molar-refractivity contribution in [2.24, 2.45) is 0 Å². The number of allylic oxidation sites excluding steroid dienone is 5. The highest BCUT2D eigenvalue weighted by atomic mass is 33.9. The molecule has 1 aliphatic rings. The Morgan fingerprint density at radius 1 is 0.600 bits per heavy atom. The maximum Gasteiger partial charge on any atom is 0.00454 e. The maximum atomic E-state index is 2.28. The summed E-state index contributed by atoms with van der Waals surface area (Å²) in [5.41, 5.74) is 0. The van der Waals surface area contributed by atoms with Gasteiger partial charge in [0.25, 0.3) is 0 Å². The highest BCUT2D eigenvalue weighted by molar-refractivity contribution is 9.46. The summed E-state index contributed by atoms with van der Waals surface area (Å²) >= 11 is 0. The average Bonchev–Trinajstić information content (AvgIpc) is 2.46. The van der Waals surface area contributed by atoms with Crippen molar-refractivity contribution in [1.82, 2.24) is 0 Å². The van der Waals surface area contributed by atoms with Crippen LogP contribution in [0.1, 0.15) is 38.5 Å². The second-order valence-corrected chi connectivity index (χ2v) is 15.2. The lowest BCUT2D eigenvalue weighted by Crippen LogP contribution is -1.80. The molecular weight excluding hydrogens is 381 g/mol. The van der Waals surface area contributed by atoms with E-state index in [-0.39, 0.29) is 0 Å². The lowest BCUT2D eigenvalue weighted by Gasteiger charge is -2.00. The first-order valence-electron chi connectivity index (χ1n) is 6.60. The highest BCUT2D eigenvalue weighted by Gasteiger charge is 1.96. The van der Waals surface area contributed by atoms with Crippen molar-refractivity contribution in [2.75, 3.05) is 5.75 Å². The van der Waals surface area contributed by atoms with Crippen molar-refractivity contribution >= 4 is 70.7 Å². The molecule has 20 heavy (non-hydrogen) atoms. The van der Waals surface area contributed by atoms with E-state index in [1.54, 1.807) is 10.8 Å². The minimum absolute atomic E-state index is 1.22. The molecule has 0 saturated carbocycles. The summed E-state index contributed by atoms with van der Waals surface area (Å²) in [4.78, 5) is 0. The zero-order chi connectivity index (χ0) is 14.1. The normalized spacial score (nSPS) is 21.6. The van der Waals surface area contributed by atoms with Crippen LogP contribution in [0.5, 0.6) is 0 Å². The predicted molar refractivity (Wildman–Crippen MR) is 113 cm³/mol. The van der Waals surface area contributed by atoms with E-state index >= 15 is 0 Å². The van der Waals surface area contributed by atoms with Crippen LogP contribution in [0.25, 0.3) is 0 Å². The van der Waals surface area contributed by atoms with Gasteiger partial charge in [-0.2, -0.15) is 0 Å². The van der Waals surface area contributed by atoms with Crippen molar-refractivity contribution in [3.63, 3.8) is 0 Å². The first kappa shape index (κ1) is 19.7. The lowest BCUT2D eigenvalue weighted by atomic mass is 10.1. The topological polar surface area (TPSA) is 0 Å². The van der Waals surface area contributed by atoms with Crippen LogP contribution in [-0.4, -0.2) is 5.75 Å². The minimum atomic E-state index is 1.22. The molecule has 0 saturated heterocycles. The van der Waals surface area contributed by atoms with Crippen LogP contribution in [0, 0.1) is 0 Å². The van der Waals surface area contributed by atoms with Gasteiger partial charge < -0.3 is 0 Å². The van der Waals surface area contributed by atoms with Crippen LogP contribution in [0.15, 0.2) is 35.8 Å². The molecule has 0 aliphatic carbocycles. The molecule has 0 aromatic rings. The Bertz CT molecular complexity index is 260. The van der Waals surface area contributed by atoms with Crippen molar-refractivity contribution in [3.8, 4) is 0 Å². The van der Waals surface area contributed by atoms with Gasteiger partial charge in [-0.15, -0.1) is 0 Å². The minimum Gasteiger partial charge on any atom is -0.0845 e. The molecule has 0 fully saturated rings. The Hall–Kier alpha value is 1.67. The van der Waals surface area contributed by atoms with E-state index in [1.165, 1.54) is 44.3 Å². The Morgan fingerprint density at radius 3 is 2.35 bits per heavy atom. The molecule has 1 heterocycles. The second kappa shape index (κ2) is 17.0. The maximum absolute atomic E-state index is 2.28. The molecule has 0 radical (unpaired) electrons. The zero-order valence-corrected chi connectivity index (χ0v) is 17.0. The van der Waals surface area contributed by atoms with Gasteiger partial charge in [-0.05, 0) is 73.8 Å². The van der Waals surface area contributed by atoms with Crippen LogP contribution in [0.4, 0.5) is 0 Å². The fraction of sp³-hybridized carbons (Fsp3) is 0.538. The van der Waals surface area contributed by atoms with Gasteiger partial charge >= 0.3 is 0 Å². The van der Waals surface area contributed by atoms with E-state index < -0.39 is 0 Å². The molecule has 0 aromatic heterocycles. The third kappa shape index (κ3) is 14.6. The summed E-state index contributed by atoms with van der Waals surface area (Å²) in [6.45, 7) is 0. The van der Waals surface area contributed by atoms with Gasteiger partial charge in [0.05, 0.1) is 0 Å². The summed E-state index contributed by atoms with van der Waals surface area (Å²) < 4.78 is 0. The highest BCUT2D eigenvalue weighted by Crippen LogP contribution is 2.55. The van der Waals surface area contributed by atoms with Gasteiger partial charge in [-0.1, -0.05) is 71.2 Å². The molecule has 1 rings (SSSR count). The molecule has 0 N–H and O–H groups in total. The first-order chi connectivity index (χ1) is 10.0. The van der Waals surface area contributed by atoms with E-state index in [9.17, 15) is 0 Å². The largest absolute Gasteiger partial charge is 0.0845 e. The van der Waals surface area contributed by atoms with Crippen molar-refractivity contribution in [1.29, 1.82) is 0 Å². The van der Waals surface area contributed by atoms with Gasteiger partial charge in [-0.3, -0.25) is 0 Å². The third-order valence-electron chi connectivity index (χ3n) is 2.40. The van der Waals surface area contributed by atoms with E-state index in [1.807, 2.05) is 59.9 Å². The summed E-state index contributed by atoms with van der Waals surface area (Å²) in [5.74, 6) is 1.29. The number of hydrogen-bond acceptors (Lipinski definition) is 7. The SMILES string of the molecule is C1=CC=CSSSSSSSCCCCCCCC=C1. The van der Waals surface area contributed by atoms with Gasteiger partial charge in [0.15, 0.2) is 0 Å². The molecule has 0 unspecified atom stereocenters. The first-order valence-corrected chi connectivity index (χ1v) is 15.6. The quantitative estimate of drug-likeness (QED) is 0.368. The lowest BCUT2D eigenvalue weighted by molar-refractivity contribution is 0.640. The van der Waals surface area contributed by atoms with Gasteiger partial charge in [0, 0.05) is 5.75 Å². The molecule has 0 nitrogen and oxygen atoms in total. The molecule has 0 spiro atoms. The smallest absolute Gasteiger partial charge is 0.00454 e. The Morgan fingerprint density at radius 2 is 1.35 bits per heavy atom. The van der Waals surface area contributed by atoms with Gasteiger partial charge in [-0.25, -0.2) is 0 Å². The van der Waals surface area contributed by atoms with Crippen LogP contribution in [0.2, 0.25) is 0 Å². The van der Waals surface area contributed by atoms with Gasteiger partial charge in [0.2, 0.25) is 0 Å². The fourth-order valence-electron chi connectivity index (χ4n) is 1.46. The molecule has 0 aromatic carbocycles. The second-order valence-electron chi connectivity index (χ2n) is 3.96. The monoisotopic (exact) mass is 400 g/mol.